The molecule has 1 saturated heterocycles. The lowest BCUT2D eigenvalue weighted by atomic mass is 9.98. The fourth-order valence-electron chi connectivity index (χ4n) is 3.38. The average Bonchev–Trinajstić information content (AvgIpc) is 2.90. The Bertz CT molecular complexity index is 924. The fourth-order valence-corrected chi connectivity index (χ4v) is 3.38. The van der Waals surface area contributed by atoms with Gasteiger partial charge in [0.15, 0.2) is 0 Å². The third-order valence-corrected chi connectivity index (χ3v) is 4.80. The molecule has 2 N–H and O–H groups in total. The number of imidazole rings is 1. The number of benzene rings is 2. The molecule has 5 nitrogen and oxygen atoms in total. The second-order valence-electron chi connectivity index (χ2n) is 6.38. The molecule has 0 spiro atoms. The van der Waals surface area contributed by atoms with E-state index in [0.29, 0.717) is 6.04 Å². The Kier molecular flexibility index (Phi) is 3.75. The summed E-state index contributed by atoms with van der Waals surface area (Å²) >= 11 is 0. The minimum absolute atomic E-state index is 0.0894. The number of morpholine rings is 1. The van der Waals surface area contributed by atoms with Crippen LogP contribution in [0.4, 0.5) is 0 Å². The van der Waals surface area contributed by atoms with E-state index >= 15 is 0 Å². The standard InChI is InChI=1S/C19H21N3O2/c1-12-18(24-10-9-20-12)14-5-3-13(4-6-14)15-7-8-16-17(11-15)22(2)19(23)21-16/h3-8,11-12,18,20H,9-10H2,1-2H3,(H,21,23)/t12-,18+/m0/s1. The van der Waals surface area contributed by atoms with Crippen LogP contribution in [0.2, 0.25) is 0 Å². The van der Waals surface area contributed by atoms with Gasteiger partial charge in [0.2, 0.25) is 0 Å². The van der Waals surface area contributed by atoms with Gasteiger partial charge in [-0.25, -0.2) is 4.79 Å². The van der Waals surface area contributed by atoms with E-state index in [4.69, 9.17) is 4.74 Å². The number of aromatic amines is 1. The summed E-state index contributed by atoms with van der Waals surface area (Å²) in [5.41, 5.74) is 5.10. The van der Waals surface area contributed by atoms with Gasteiger partial charge in [-0.3, -0.25) is 4.57 Å². The van der Waals surface area contributed by atoms with E-state index in [0.717, 1.165) is 35.3 Å². The highest BCUT2D eigenvalue weighted by Crippen LogP contribution is 2.28. The zero-order valence-electron chi connectivity index (χ0n) is 13.9. The van der Waals surface area contributed by atoms with Crippen LogP contribution in [0.5, 0.6) is 0 Å². The molecule has 2 aromatic carbocycles. The number of rotatable bonds is 2. The molecule has 1 aliphatic rings. The highest BCUT2D eigenvalue weighted by molar-refractivity contribution is 5.82. The summed E-state index contributed by atoms with van der Waals surface area (Å²) in [7, 11) is 1.78. The molecule has 1 aliphatic heterocycles. The fraction of sp³-hybridized carbons (Fsp3) is 0.316. The van der Waals surface area contributed by atoms with Crippen molar-refractivity contribution in [3.8, 4) is 11.1 Å². The van der Waals surface area contributed by atoms with E-state index in [1.54, 1.807) is 11.6 Å². The van der Waals surface area contributed by atoms with Crippen molar-refractivity contribution < 1.29 is 4.74 Å². The van der Waals surface area contributed by atoms with Crippen molar-refractivity contribution in [2.45, 2.75) is 19.1 Å². The normalized spacial score (nSPS) is 21.2. The van der Waals surface area contributed by atoms with Crippen molar-refractivity contribution in [1.29, 1.82) is 0 Å². The van der Waals surface area contributed by atoms with Crippen LogP contribution in [0.15, 0.2) is 47.3 Å². The summed E-state index contributed by atoms with van der Waals surface area (Å²) in [4.78, 5) is 14.6. The maximum absolute atomic E-state index is 11.7. The van der Waals surface area contributed by atoms with Crippen molar-refractivity contribution >= 4 is 11.0 Å². The SMILES string of the molecule is C[C@@H]1NCCO[C@H]1c1ccc(-c2ccc3[nH]c(=O)n(C)c3c2)cc1. The van der Waals surface area contributed by atoms with Crippen LogP contribution in [-0.2, 0) is 11.8 Å². The molecule has 0 unspecified atom stereocenters. The number of ether oxygens (including phenoxy) is 1. The Morgan fingerprint density at radius 2 is 1.88 bits per heavy atom. The van der Waals surface area contributed by atoms with Gasteiger partial charge in [-0.1, -0.05) is 30.3 Å². The lowest BCUT2D eigenvalue weighted by molar-refractivity contribution is -0.000215. The van der Waals surface area contributed by atoms with Gasteiger partial charge in [0.25, 0.3) is 0 Å². The van der Waals surface area contributed by atoms with Gasteiger partial charge in [0, 0.05) is 19.6 Å². The van der Waals surface area contributed by atoms with Crippen LogP contribution in [0.25, 0.3) is 22.2 Å². The van der Waals surface area contributed by atoms with Crippen LogP contribution in [0, 0.1) is 0 Å². The summed E-state index contributed by atoms with van der Waals surface area (Å²) in [6.07, 6.45) is 0.0979. The average molecular weight is 323 g/mol. The van der Waals surface area contributed by atoms with Crippen molar-refractivity contribution in [3.05, 3.63) is 58.5 Å². The van der Waals surface area contributed by atoms with Gasteiger partial charge >= 0.3 is 5.69 Å². The van der Waals surface area contributed by atoms with Gasteiger partial charge in [0.05, 0.1) is 23.7 Å². The molecule has 0 aliphatic carbocycles. The Hall–Kier alpha value is -2.37. The van der Waals surface area contributed by atoms with Crippen molar-refractivity contribution in [3.63, 3.8) is 0 Å². The van der Waals surface area contributed by atoms with Crippen LogP contribution in [0.3, 0.4) is 0 Å². The molecule has 0 radical (unpaired) electrons. The van der Waals surface area contributed by atoms with Crippen LogP contribution in [-0.4, -0.2) is 28.7 Å². The lowest BCUT2D eigenvalue weighted by Gasteiger charge is -2.30. The van der Waals surface area contributed by atoms with Crippen LogP contribution >= 0.6 is 0 Å². The van der Waals surface area contributed by atoms with Crippen LogP contribution in [0.1, 0.15) is 18.6 Å². The Morgan fingerprint density at radius 1 is 1.12 bits per heavy atom. The minimum Gasteiger partial charge on any atom is -0.371 e. The minimum atomic E-state index is -0.0894. The second kappa shape index (κ2) is 5.92. The number of aromatic nitrogens is 2. The molecule has 124 valence electrons. The highest BCUT2D eigenvalue weighted by atomic mass is 16.5. The molecule has 2 atom stereocenters. The first-order valence-corrected chi connectivity index (χ1v) is 8.27. The first-order chi connectivity index (χ1) is 11.6. The quantitative estimate of drug-likeness (QED) is 0.762. The molecule has 24 heavy (non-hydrogen) atoms. The molecule has 5 heteroatoms. The molecule has 4 rings (SSSR count). The topological polar surface area (TPSA) is 59.0 Å². The number of H-pyrrole nitrogens is 1. The largest absolute Gasteiger partial charge is 0.371 e. The molecule has 0 amide bonds. The summed E-state index contributed by atoms with van der Waals surface area (Å²) < 4.78 is 7.53. The number of nitrogens with one attached hydrogen (secondary N) is 2. The maximum atomic E-state index is 11.7. The Morgan fingerprint density at radius 3 is 2.62 bits per heavy atom. The first kappa shape index (κ1) is 15.2. The zero-order chi connectivity index (χ0) is 16.7. The molecular formula is C19H21N3O2. The van der Waals surface area contributed by atoms with Gasteiger partial charge in [-0.2, -0.15) is 0 Å². The number of fused-ring (bicyclic) bond motifs is 1. The summed E-state index contributed by atoms with van der Waals surface area (Å²) in [6.45, 7) is 3.80. The molecule has 0 saturated carbocycles. The van der Waals surface area contributed by atoms with Crippen molar-refractivity contribution in [1.82, 2.24) is 14.9 Å². The second-order valence-corrected chi connectivity index (χ2v) is 6.38. The van der Waals surface area contributed by atoms with E-state index in [9.17, 15) is 4.79 Å². The molecule has 2 heterocycles. The van der Waals surface area contributed by atoms with E-state index in [1.807, 2.05) is 18.2 Å². The van der Waals surface area contributed by atoms with E-state index in [-0.39, 0.29) is 11.8 Å². The highest BCUT2D eigenvalue weighted by Gasteiger charge is 2.23. The Balaban J connectivity index is 1.67. The third kappa shape index (κ3) is 2.56. The predicted octanol–water partition coefficient (Wildman–Crippen LogP) is 2.58. The van der Waals surface area contributed by atoms with Crippen LogP contribution < -0.4 is 11.0 Å². The van der Waals surface area contributed by atoms with E-state index in [2.05, 4.69) is 41.5 Å². The van der Waals surface area contributed by atoms with E-state index in [1.165, 1.54) is 5.56 Å². The number of hydrogen-bond acceptors (Lipinski definition) is 3. The van der Waals surface area contributed by atoms with E-state index < -0.39 is 0 Å². The zero-order valence-corrected chi connectivity index (χ0v) is 13.9. The monoisotopic (exact) mass is 323 g/mol. The van der Waals surface area contributed by atoms with Crippen molar-refractivity contribution in [2.75, 3.05) is 13.2 Å². The summed E-state index contributed by atoms with van der Waals surface area (Å²) in [5, 5.41) is 3.44. The van der Waals surface area contributed by atoms with Crippen molar-refractivity contribution in [2.24, 2.45) is 7.05 Å². The molecule has 1 fully saturated rings. The maximum Gasteiger partial charge on any atom is 0.326 e. The van der Waals surface area contributed by atoms with Gasteiger partial charge in [-0.05, 0) is 35.7 Å². The Labute approximate surface area is 140 Å². The first-order valence-electron chi connectivity index (χ1n) is 8.27. The van der Waals surface area contributed by atoms with Gasteiger partial charge < -0.3 is 15.0 Å². The number of nitrogens with zero attached hydrogens (tertiary/aromatic N) is 1. The molecule has 3 aromatic rings. The predicted molar refractivity (Wildman–Crippen MR) is 95.1 cm³/mol. The number of hydrogen-bond donors (Lipinski definition) is 2. The molecule has 1 aromatic heterocycles. The third-order valence-electron chi connectivity index (χ3n) is 4.80. The summed E-state index contributed by atoms with van der Waals surface area (Å²) in [5.74, 6) is 0. The van der Waals surface area contributed by atoms with Gasteiger partial charge in [0.1, 0.15) is 0 Å². The lowest BCUT2D eigenvalue weighted by Crippen LogP contribution is -2.41. The summed E-state index contributed by atoms with van der Waals surface area (Å²) in [6, 6.07) is 14.8. The molecule has 0 bridgehead atoms. The van der Waals surface area contributed by atoms with Gasteiger partial charge in [-0.15, -0.1) is 0 Å². The molecular weight excluding hydrogens is 302 g/mol. The smallest absolute Gasteiger partial charge is 0.326 e. The number of aryl methyl sites for hydroxylation is 1.